The second-order valence-corrected chi connectivity index (χ2v) is 6.43. The first-order chi connectivity index (χ1) is 13.1. The van der Waals surface area contributed by atoms with E-state index in [4.69, 9.17) is 14.2 Å². The number of ether oxygens (including phenoxy) is 3. The number of nitrogens with one attached hydrogen (secondary N) is 2. The third-order valence-electron chi connectivity index (χ3n) is 5.16. The number of benzene rings is 1. The van der Waals surface area contributed by atoms with Gasteiger partial charge in [-0.3, -0.25) is 4.79 Å². The second-order valence-electron chi connectivity index (χ2n) is 6.43. The molecule has 0 saturated carbocycles. The van der Waals surface area contributed by atoms with E-state index in [9.17, 15) is 4.79 Å². The van der Waals surface area contributed by atoms with Crippen LogP contribution in [0.4, 0.5) is 5.69 Å². The van der Waals surface area contributed by atoms with Crippen LogP contribution in [0.25, 0.3) is 11.1 Å². The standard InChI is InChI=1S/C21H26N2O4/c1-22-15-8-6-12-10-18(25-3)20(26-4)21(27-5)19(12)13-7-9-16(23-2)17(24)11-14(13)15/h7,9-11,15,22H,6,8H2,1-5H3,(H,23,24)/t15-/m0/s1. The number of methoxy groups -OCH3 is 3. The minimum absolute atomic E-state index is 0.0399. The van der Waals surface area contributed by atoms with Gasteiger partial charge in [0, 0.05) is 18.7 Å². The van der Waals surface area contributed by atoms with E-state index in [1.54, 1.807) is 34.4 Å². The van der Waals surface area contributed by atoms with Crippen LogP contribution in [0.3, 0.4) is 0 Å². The summed E-state index contributed by atoms with van der Waals surface area (Å²) in [6.45, 7) is 0. The van der Waals surface area contributed by atoms with Crippen molar-refractivity contribution < 1.29 is 14.2 Å². The summed E-state index contributed by atoms with van der Waals surface area (Å²) in [4.78, 5) is 12.6. The van der Waals surface area contributed by atoms with Crippen molar-refractivity contribution in [2.24, 2.45) is 0 Å². The molecule has 6 heteroatoms. The summed E-state index contributed by atoms with van der Waals surface area (Å²) in [5, 5.41) is 6.32. The van der Waals surface area contributed by atoms with Crippen LogP contribution in [0.15, 0.2) is 29.1 Å². The first-order valence-electron chi connectivity index (χ1n) is 8.95. The first kappa shape index (κ1) is 19.0. The third-order valence-corrected chi connectivity index (χ3v) is 5.16. The number of rotatable bonds is 5. The lowest BCUT2D eigenvalue weighted by atomic mass is 9.95. The van der Waals surface area contributed by atoms with Crippen LogP contribution < -0.4 is 30.3 Å². The molecule has 1 atom stereocenters. The van der Waals surface area contributed by atoms with E-state index in [-0.39, 0.29) is 11.5 Å². The Morgan fingerprint density at radius 1 is 1.00 bits per heavy atom. The summed E-state index contributed by atoms with van der Waals surface area (Å²) in [5.74, 6) is 1.81. The SMILES string of the molecule is CNc1ccc2c(cc1=O)[C@@H](NC)CCc1cc(OC)c(OC)c(OC)c1-2. The zero-order chi connectivity index (χ0) is 19.6. The van der Waals surface area contributed by atoms with Crippen LogP contribution >= 0.6 is 0 Å². The molecule has 1 aliphatic rings. The van der Waals surface area contributed by atoms with Crippen molar-refractivity contribution in [3.63, 3.8) is 0 Å². The molecule has 0 spiro atoms. The summed E-state index contributed by atoms with van der Waals surface area (Å²) in [6.07, 6.45) is 1.68. The fourth-order valence-corrected chi connectivity index (χ4v) is 3.82. The van der Waals surface area contributed by atoms with Gasteiger partial charge in [-0.05, 0) is 54.8 Å². The molecule has 2 aromatic carbocycles. The summed E-state index contributed by atoms with van der Waals surface area (Å²) < 4.78 is 16.9. The molecule has 2 aromatic rings. The van der Waals surface area contributed by atoms with E-state index in [1.165, 1.54) is 0 Å². The molecule has 2 N–H and O–H groups in total. The number of fused-ring (bicyclic) bond motifs is 3. The fraction of sp³-hybridized carbons (Fsp3) is 0.381. The third kappa shape index (κ3) is 3.21. The molecule has 0 bridgehead atoms. The Morgan fingerprint density at radius 3 is 2.33 bits per heavy atom. The molecule has 6 nitrogen and oxygen atoms in total. The number of anilines is 1. The highest BCUT2D eigenvalue weighted by Gasteiger charge is 2.28. The lowest BCUT2D eigenvalue weighted by molar-refractivity contribution is 0.324. The Bertz CT molecular complexity index is 912. The van der Waals surface area contributed by atoms with Crippen LogP contribution in [-0.2, 0) is 6.42 Å². The van der Waals surface area contributed by atoms with E-state index >= 15 is 0 Å². The quantitative estimate of drug-likeness (QED) is 0.843. The van der Waals surface area contributed by atoms with Crippen molar-refractivity contribution in [2.45, 2.75) is 18.9 Å². The van der Waals surface area contributed by atoms with Gasteiger partial charge in [-0.25, -0.2) is 0 Å². The number of hydrogen-bond acceptors (Lipinski definition) is 6. The number of aryl methyl sites for hydroxylation is 1. The van der Waals surface area contributed by atoms with Crippen molar-refractivity contribution in [1.29, 1.82) is 0 Å². The van der Waals surface area contributed by atoms with Gasteiger partial charge in [0.2, 0.25) is 11.2 Å². The van der Waals surface area contributed by atoms with Crippen LogP contribution in [0, 0.1) is 0 Å². The highest BCUT2D eigenvalue weighted by Crippen LogP contribution is 2.50. The summed E-state index contributed by atoms with van der Waals surface area (Å²) in [7, 11) is 8.51. The Morgan fingerprint density at radius 2 is 1.74 bits per heavy atom. The Balaban J connectivity index is 2.43. The van der Waals surface area contributed by atoms with Crippen LogP contribution in [-0.4, -0.2) is 35.4 Å². The molecule has 0 heterocycles. The molecule has 0 aromatic heterocycles. The van der Waals surface area contributed by atoms with Gasteiger partial charge >= 0.3 is 0 Å². The van der Waals surface area contributed by atoms with E-state index in [2.05, 4.69) is 10.6 Å². The van der Waals surface area contributed by atoms with Crippen LogP contribution in [0.5, 0.6) is 17.2 Å². The van der Waals surface area contributed by atoms with E-state index in [0.29, 0.717) is 22.9 Å². The van der Waals surface area contributed by atoms with Gasteiger partial charge in [0.1, 0.15) is 0 Å². The highest BCUT2D eigenvalue weighted by molar-refractivity contribution is 5.82. The molecule has 0 fully saturated rings. The van der Waals surface area contributed by atoms with E-state index < -0.39 is 0 Å². The lowest BCUT2D eigenvalue weighted by Crippen LogP contribution is -2.17. The minimum Gasteiger partial charge on any atom is -0.493 e. The lowest BCUT2D eigenvalue weighted by Gasteiger charge is -2.19. The summed E-state index contributed by atoms with van der Waals surface area (Å²) in [6, 6.07) is 7.57. The molecule has 3 rings (SSSR count). The molecule has 27 heavy (non-hydrogen) atoms. The smallest absolute Gasteiger partial charge is 0.203 e. The maximum Gasteiger partial charge on any atom is 0.203 e. The minimum atomic E-state index is -0.0399. The van der Waals surface area contributed by atoms with E-state index in [0.717, 1.165) is 35.1 Å². The predicted octanol–water partition coefficient (Wildman–Crippen LogP) is 2.99. The second kappa shape index (κ2) is 7.88. The van der Waals surface area contributed by atoms with E-state index in [1.807, 2.05) is 25.2 Å². The van der Waals surface area contributed by atoms with Crippen molar-refractivity contribution in [2.75, 3.05) is 40.7 Å². The Hall–Kier alpha value is -2.73. The first-order valence-corrected chi connectivity index (χ1v) is 8.95. The molecule has 0 radical (unpaired) electrons. The topological polar surface area (TPSA) is 68.8 Å². The molecule has 0 aliphatic heterocycles. The fourth-order valence-electron chi connectivity index (χ4n) is 3.82. The highest BCUT2D eigenvalue weighted by atomic mass is 16.5. The Labute approximate surface area is 159 Å². The molecular formula is C21H26N2O4. The molecule has 144 valence electrons. The summed E-state index contributed by atoms with van der Waals surface area (Å²) in [5.41, 5.74) is 4.47. The Kier molecular flexibility index (Phi) is 5.56. The van der Waals surface area contributed by atoms with Gasteiger partial charge in [-0.1, -0.05) is 6.07 Å². The molecule has 0 saturated heterocycles. The van der Waals surface area contributed by atoms with Gasteiger partial charge in [0.15, 0.2) is 11.5 Å². The largest absolute Gasteiger partial charge is 0.493 e. The van der Waals surface area contributed by atoms with Gasteiger partial charge in [0.25, 0.3) is 0 Å². The normalized spacial score (nSPS) is 15.2. The van der Waals surface area contributed by atoms with Gasteiger partial charge in [-0.2, -0.15) is 0 Å². The average Bonchev–Trinajstić information content (AvgIpc) is 2.94. The van der Waals surface area contributed by atoms with Gasteiger partial charge in [0.05, 0.1) is 27.0 Å². The van der Waals surface area contributed by atoms with Gasteiger partial charge < -0.3 is 24.8 Å². The maximum atomic E-state index is 12.6. The maximum absolute atomic E-state index is 12.6. The molecule has 0 unspecified atom stereocenters. The molecule has 1 aliphatic carbocycles. The van der Waals surface area contributed by atoms with Crippen molar-refractivity contribution in [1.82, 2.24) is 5.32 Å². The van der Waals surface area contributed by atoms with Gasteiger partial charge in [-0.15, -0.1) is 0 Å². The monoisotopic (exact) mass is 370 g/mol. The average molecular weight is 370 g/mol. The zero-order valence-electron chi connectivity index (χ0n) is 16.4. The number of hydrogen-bond donors (Lipinski definition) is 2. The molecule has 0 amide bonds. The van der Waals surface area contributed by atoms with Crippen molar-refractivity contribution >= 4 is 5.69 Å². The molecular weight excluding hydrogens is 344 g/mol. The summed E-state index contributed by atoms with van der Waals surface area (Å²) >= 11 is 0. The van der Waals surface area contributed by atoms with Crippen molar-refractivity contribution in [3.8, 4) is 28.4 Å². The van der Waals surface area contributed by atoms with Crippen molar-refractivity contribution in [3.05, 3.63) is 45.6 Å². The predicted molar refractivity (Wildman–Crippen MR) is 107 cm³/mol. The van der Waals surface area contributed by atoms with Crippen LogP contribution in [0.1, 0.15) is 23.6 Å². The zero-order valence-corrected chi connectivity index (χ0v) is 16.4. The van der Waals surface area contributed by atoms with Crippen LogP contribution in [0.2, 0.25) is 0 Å².